The molecule has 18 heavy (non-hydrogen) atoms. The Morgan fingerprint density at radius 1 is 1.44 bits per heavy atom. The molecule has 0 spiro atoms. The van der Waals surface area contributed by atoms with Crippen LogP contribution >= 0.6 is 11.8 Å². The van der Waals surface area contributed by atoms with Gasteiger partial charge in [-0.15, -0.1) is 0 Å². The second-order valence-electron chi connectivity index (χ2n) is 4.90. The standard InChI is InChI=1S/C14H23N3S/c1-12(18-2)11-16-13-6-9-17(10-7-13)14-5-3-4-8-15-14/h3-5,8,12-13,16H,6-7,9-11H2,1-2H3. The van der Waals surface area contributed by atoms with E-state index in [2.05, 4.69) is 40.5 Å². The van der Waals surface area contributed by atoms with E-state index in [4.69, 9.17) is 0 Å². The molecule has 1 atom stereocenters. The molecule has 0 amide bonds. The van der Waals surface area contributed by atoms with Crippen molar-refractivity contribution in [3.8, 4) is 0 Å². The molecule has 1 fully saturated rings. The van der Waals surface area contributed by atoms with Crippen molar-refractivity contribution in [3.63, 3.8) is 0 Å². The van der Waals surface area contributed by atoms with Crippen LogP contribution in [0.3, 0.4) is 0 Å². The molecule has 2 rings (SSSR count). The highest BCUT2D eigenvalue weighted by Gasteiger charge is 2.19. The Balaban J connectivity index is 1.75. The summed E-state index contributed by atoms with van der Waals surface area (Å²) in [4.78, 5) is 6.80. The van der Waals surface area contributed by atoms with Crippen molar-refractivity contribution in [2.75, 3.05) is 30.8 Å². The van der Waals surface area contributed by atoms with Crippen LogP contribution in [0.5, 0.6) is 0 Å². The number of hydrogen-bond acceptors (Lipinski definition) is 4. The number of rotatable bonds is 5. The smallest absolute Gasteiger partial charge is 0.128 e. The molecule has 1 unspecified atom stereocenters. The van der Waals surface area contributed by atoms with Crippen molar-refractivity contribution in [3.05, 3.63) is 24.4 Å². The summed E-state index contributed by atoms with van der Waals surface area (Å²) in [5, 5.41) is 4.38. The fraction of sp³-hybridized carbons (Fsp3) is 0.643. The Labute approximate surface area is 114 Å². The zero-order chi connectivity index (χ0) is 12.8. The number of nitrogens with zero attached hydrogens (tertiary/aromatic N) is 2. The van der Waals surface area contributed by atoms with Crippen molar-refractivity contribution >= 4 is 17.6 Å². The molecule has 3 nitrogen and oxygen atoms in total. The molecule has 0 radical (unpaired) electrons. The topological polar surface area (TPSA) is 28.2 Å². The van der Waals surface area contributed by atoms with Gasteiger partial charge in [0.1, 0.15) is 5.82 Å². The maximum absolute atomic E-state index is 4.42. The van der Waals surface area contributed by atoms with Gasteiger partial charge in [-0.05, 0) is 31.2 Å². The summed E-state index contributed by atoms with van der Waals surface area (Å²) in [6.07, 6.45) is 6.49. The summed E-state index contributed by atoms with van der Waals surface area (Å²) in [6.45, 7) is 5.63. The molecule has 1 N–H and O–H groups in total. The molecule has 0 aromatic carbocycles. The van der Waals surface area contributed by atoms with Crippen LogP contribution in [0.2, 0.25) is 0 Å². The average Bonchev–Trinajstić information content (AvgIpc) is 2.46. The van der Waals surface area contributed by atoms with Gasteiger partial charge in [-0.1, -0.05) is 13.0 Å². The minimum Gasteiger partial charge on any atom is -0.357 e. The van der Waals surface area contributed by atoms with Crippen LogP contribution in [-0.2, 0) is 0 Å². The van der Waals surface area contributed by atoms with Crippen molar-refractivity contribution in [2.45, 2.75) is 31.1 Å². The van der Waals surface area contributed by atoms with Gasteiger partial charge in [0.25, 0.3) is 0 Å². The van der Waals surface area contributed by atoms with E-state index in [1.54, 1.807) is 0 Å². The average molecular weight is 265 g/mol. The molecule has 1 aliphatic rings. The first-order valence-corrected chi connectivity index (χ1v) is 8.00. The van der Waals surface area contributed by atoms with E-state index in [1.807, 2.05) is 24.0 Å². The van der Waals surface area contributed by atoms with E-state index in [1.165, 1.54) is 12.8 Å². The monoisotopic (exact) mass is 265 g/mol. The zero-order valence-electron chi connectivity index (χ0n) is 11.3. The second-order valence-corrected chi connectivity index (χ2v) is 6.18. The normalized spacial score (nSPS) is 18.9. The summed E-state index contributed by atoms with van der Waals surface area (Å²) in [6, 6.07) is 6.82. The first-order valence-electron chi connectivity index (χ1n) is 6.71. The van der Waals surface area contributed by atoms with E-state index in [0.717, 1.165) is 25.5 Å². The van der Waals surface area contributed by atoms with Crippen LogP contribution in [-0.4, -0.2) is 42.2 Å². The molecule has 1 aromatic rings. The van der Waals surface area contributed by atoms with E-state index in [-0.39, 0.29) is 0 Å². The largest absolute Gasteiger partial charge is 0.357 e. The van der Waals surface area contributed by atoms with Gasteiger partial charge in [-0.2, -0.15) is 11.8 Å². The van der Waals surface area contributed by atoms with Crippen LogP contribution in [0.25, 0.3) is 0 Å². The molecule has 0 saturated carbocycles. The van der Waals surface area contributed by atoms with Gasteiger partial charge in [0.15, 0.2) is 0 Å². The lowest BCUT2D eigenvalue weighted by molar-refractivity contribution is 0.416. The third kappa shape index (κ3) is 3.89. The molecule has 1 saturated heterocycles. The highest BCUT2D eigenvalue weighted by Crippen LogP contribution is 2.17. The minimum atomic E-state index is 0.680. The Kier molecular flexibility index (Phi) is 5.32. The van der Waals surface area contributed by atoms with E-state index >= 15 is 0 Å². The first kappa shape index (κ1) is 13.7. The Morgan fingerprint density at radius 3 is 2.83 bits per heavy atom. The molecule has 1 aliphatic heterocycles. The Hall–Kier alpha value is -0.740. The minimum absolute atomic E-state index is 0.680. The van der Waals surface area contributed by atoms with Crippen LogP contribution in [0.1, 0.15) is 19.8 Å². The van der Waals surface area contributed by atoms with Gasteiger partial charge in [0, 0.05) is 37.1 Å². The molecular weight excluding hydrogens is 242 g/mol. The van der Waals surface area contributed by atoms with E-state index < -0.39 is 0 Å². The number of piperidine rings is 1. The number of hydrogen-bond donors (Lipinski definition) is 1. The number of aromatic nitrogens is 1. The van der Waals surface area contributed by atoms with Crippen molar-refractivity contribution in [1.29, 1.82) is 0 Å². The summed E-state index contributed by atoms with van der Waals surface area (Å²) < 4.78 is 0. The molecule has 4 heteroatoms. The second kappa shape index (κ2) is 7.00. The summed E-state index contributed by atoms with van der Waals surface area (Å²) in [5.74, 6) is 1.12. The Bertz CT molecular complexity index is 336. The number of anilines is 1. The van der Waals surface area contributed by atoms with Crippen LogP contribution < -0.4 is 10.2 Å². The van der Waals surface area contributed by atoms with Gasteiger partial charge in [-0.25, -0.2) is 4.98 Å². The SMILES string of the molecule is CSC(C)CNC1CCN(c2ccccn2)CC1. The lowest BCUT2D eigenvalue weighted by Gasteiger charge is -2.33. The molecule has 1 aromatic heterocycles. The van der Waals surface area contributed by atoms with Gasteiger partial charge in [0.05, 0.1) is 0 Å². The zero-order valence-corrected chi connectivity index (χ0v) is 12.1. The van der Waals surface area contributed by atoms with E-state index in [9.17, 15) is 0 Å². The molecule has 0 aliphatic carbocycles. The third-order valence-corrected chi connectivity index (χ3v) is 4.54. The number of pyridine rings is 1. The van der Waals surface area contributed by atoms with Crippen molar-refractivity contribution < 1.29 is 0 Å². The van der Waals surface area contributed by atoms with E-state index in [0.29, 0.717) is 11.3 Å². The molecule has 100 valence electrons. The molecule has 0 bridgehead atoms. The molecule has 2 heterocycles. The number of nitrogens with one attached hydrogen (secondary N) is 1. The van der Waals surface area contributed by atoms with Gasteiger partial charge < -0.3 is 10.2 Å². The third-order valence-electron chi connectivity index (χ3n) is 3.56. The highest BCUT2D eigenvalue weighted by molar-refractivity contribution is 7.99. The van der Waals surface area contributed by atoms with Crippen LogP contribution in [0, 0.1) is 0 Å². The van der Waals surface area contributed by atoms with Gasteiger partial charge >= 0.3 is 0 Å². The quantitative estimate of drug-likeness (QED) is 0.885. The maximum Gasteiger partial charge on any atom is 0.128 e. The summed E-state index contributed by atoms with van der Waals surface area (Å²) in [7, 11) is 0. The Morgan fingerprint density at radius 2 is 2.22 bits per heavy atom. The van der Waals surface area contributed by atoms with Gasteiger partial charge in [0.2, 0.25) is 0 Å². The number of thioether (sulfide) groups is 1. The predicted octanol–water partition coefficient (Wildman–Crippen LogP) is 2.39. The summed E-state index contributed by atoms with van der Waals surface area (Å²) >= 11 is 1.93. The van der Waals surface area contributed by atoms with Crippen molar-refractivity contribution in [2.24, 2.45) is 0 Å². The molecular formula is C14H23N3S. The predicted molar refractivity (Wildman–Crippen MR) is 80.5 cm³/mol. The lowest BCUT2D eigenvalue weighted by atomic mass is 10.0. The van der Waals surface area contributed by atoms with Gasteiger partial charge in [-0.3, -0.25) is 0 Å². The first-order chi connectivity index (χ1) is 8.79. The fourth-order valence-electron chi connectivity index (χ4n) is 2.27. The highest BCUT2D eigenvalue weighted by atomic mass is 32.2. The van der Waals surface area contributed by atoms with Crippen LogP contribution in [0.15, 0.2) is 24.4 Å². The fourth-order valence-corrected chi connectivity index (χ4v) is 2.53. The van der Waals surface area contributed by atoms with Crippen LogP contribution in [0.4, 0.5) is 5.82 Å². The van der Waals surface area contributed by atoms with Crippen molar-refractivity contribution in [1.82, 2.24) is 10.3 Å². The lowest BCUT2D eigenvalue weighted by Crippen LogP contribution is -2.44. The summed E-state index contributed by atoms with van der Waals surface area (Å²) in [5.41, 5.74) is 0. The maximum atomic E-state index is 4.42.